The molecule has 1 heterocycles. The van der Waals surface area contributed by atoms with E-state index in [1.165, 1.54) is 24.2 Å². The third kappa shape index (κ3) is 5.01. The van der Waals surface area contributed by atoms with Crippen molar-refractivity contribution in [1.29, 1.82) is 0 Å². The number of aryl methyl sites for hydroxylation is 2. The number of carbonyl (C=O) groups excluding carboxylic acids is 2. The van der Waals surface area contributed by atoms with E-state index in [2.05, 4.69) is 47.7 Å². The van der Waals surface area contributed by atoms with Crippen LogP contribution in [0, 0.1) is 13.8 Å². The maximum atomic E-state index is 12.4. The lowest BCUT2D eigenvalue weighted by Crippen LogP contribution is -2.15. The van der Waals surface area contributed by atoms with Crippen molar-refractivity contribution in [2.45, 2.75) is 25.9 Å². The number of amides is 2. The molecule has 2 aromatic carbocycles. The van der Waals surface area contributed by atoms with E-state index in [-0.39, 0.29) is 17.6 Å². The highest BCUT2D eigenvalue weighted by molar-refractivity contribution is 7.99. The molecule has 0 aliphatic rings. The Labute approximate surface area is 168 Å². The highest BCUT2D eigenvalue weighted by Crippen LogP contribution is 2.24. The number of imidazole rings is 1. The molecule has 0 unspecified atom stereocenters. The van der Waals surface area contributed by atoms with E-state index in [1.807, 2.05) is 10.8 Å². The van der Waals surface area contributed by atoms with E-state index in [4.69, 9.17) is 0 Å². The second-order valence-electron chi connectivity index (χ2n) is 6.47. The molecule has 0 saturated heterocycles. The quantitative estimate of drug-likeness (QED) is 0.615. The van der Waals surface area contributed by atoms with Crippen LogP contribution in [-0.4, -0.2) is 27.1 Å². The Kier molecular flexibility index (Phi) is 6.16. The lowest BCUT2D eigenvalue weighted by Gasteiger charge is -2.12. The van der Waals surface area contributed by atoms with E-state index < -0.39 is 0 Å². The van der Waals surface area contributed by atoms with Crippen LogP contribution in [0.4, 0.5) is 11.4 Å². The lowest BCUT2D eigenvalue weighted by molar-refractivity contribution is -0.114. The summed E-state index contributed by atoms with van der Waals surface area (Å²) in [5.41, 5.74) is 4.65. The first kappa shape index (κ1) is 19.7. The van der Waals surface area contributed by atoms with Crippen LogP contribution in [0.5, 0.6) is 0 Å². The average molecular weight is 395 g/mol. The highest BCUT2D eigenvalue weighted by atomic mass is 32.2. The van der Waals surface area contributed by atoms with Gasteiger partial charge in [-0.1, -0.05) is 30.0 Å². The van der Waals surface area contributed by atoms with Gasteiger partial charge in [-0.05, 0) is 49.2 Å². The topological polar surface area (TPSA) is 76.0 Å². The van der Waals surface area contributed by atoms with Gasteiger partial charge < -0.3 is 10.6 Å². The molecule has 6 nitrogen and oxygen atoms in total. The first-order chi connectivity index (χ1) is 13.4. The monoisotopic (exact) mass is 394 g/mol. The summed E-state index contributed by atoms with van der Waals surface area (Å²) in [5.74, 6) is -0.0653. The van der Waals surface area contributed by atoms with Crippen molar-refractivity contribution in [3.8, 4) is 5.69 Å². The Hall–Kier alpha value is -3.06. The summed E-state index contributed by atoms with van der Waals surface area (Å²) in [6, 6.07) is 13.3. The SMILES string of the molecule is CC(=O)Nc1cccc(NC(=O)CSc2nccn2-c2cc(C)ccc2C)c1. The molecule has 0 atom stereocenters. The predicted molar refractivity (Wildman–Crippen MR) is 113 cm³/mol. The van der Waals surface area contributed by atoms with Gasteiger partial charge in [-0.15, -0.1) is 0 Å². The molecule has 1 aromatic heterocycles. The number of anilines is 2. The van der Waals surface area contributed by atoms with Crippen molar-refractivity contribution in [2.24, 2.45) is 0 Å². The normalized spacial score (nSPS) is 10.5. The van der Waals surface area contributed by atoms with Crippen molar-refractivity contribution in [1.82, 2.24) is 9.55 Å². The van der Waals surface area contributed by atoms with Crippen molar-refractivity contribution in [3.05, 3.63) is 66.0 Å². The fraction of sp³-hybridized carbons (Fsp3) is 0.190. The third-order valence-corrected chi connectivity index (χ3v) is 5.00. The Balaban J connectivity index is 1.66. The van der Waals surface area contributed by atoms with E-state index in [0.717, 1.165) is 16.4 Å². The number of thioether (sulfide) groups is 1. The van der Waals surface area contributed by atoms with Crippen molar-refractivity contribution < 1.29 is 9.59 Å². The molecule has 7 heteroatoms. The van der Waals surface area contributed by atoms with Gasteiger partial charge in [-0.25, -0.2) is 4.98 Å². The van der Waals surface area contributed by atoms with Gasteiger partial charge in [0.25, 0.3) is 0 Å². The minimum Gasteiger partial charge on any atom is -0.326 e. The van der Waals surface area contributed by atoms with Crippen LogP contribution in [0.15, 0.2) is 60.0 Å². The molecule has 28 heavy (non-hydrogen) atoms. The number of nitrogens with one attached hydrogen (secondary N) is 2. The fourth-order valence-corrected chi connectivity index (χ4v) is 3.53. The third-order valence-electron chi connectivity index (χ3n) is 4.03. The van der Waals surface area contributed by atoms with Crippen LogP contribution in [-0.2, 0) is 9.59 Å². The van der Waals surface area contributed by atoms with Crippen LogP contribution in [0.2, 0.25) is 0 Å². The largest absolute Gasteiger partial charge is 0.326 e. The summed E-state index contributed by atoms with van der Waals surface area (Å²) in [4.78, 5) is 27.9. The summed E-state index contributed by atoms with van der Waals surface area (Å²) < 4.78 is 2.00. The minimum atomic E-state index is -0.155. The number of hydrogen-bond donors (Lipinski definition) is 2. The van der Waals surface area contributed by atoms with E-state index in [0.29, 0.717) is 11.4 Å². The molecule has 0 saturated carbocycles. The zero-order valence-corrected chi connectivity index (χ0v) is 16.8. The van der Waals surface area contributed by atoms with Gasteiger partial charge in [0.05, 0.1) is 11.4 Å². The molecule has 3 aromatic rings. The summed E-state index contributed by atoms with van der Waals surface area (Å²) in [7, 11) is 0. The molecule has 0 aliphatic carbocycles. The summed E-state index contributed by atoms with van der Waals surface area (Å²) in [6.45, 7) is 5.55. The second-order valence-corrected chi connectivity index (χ2v) is 7.41. The van der Waals surface area contributed by atoms with Crippen LogP contribution in [0.25, 0.3) is 5.69 Å². The first-order valence-corrected chi connectivity index (χ1v) is 9.82. The average Bonchev–Trinajstić information content (AvgIpc) is 3.10. The van der Waals surface area contributed by atoms with Gasteiger partial charge in [0.15, 0.2) is 5.16 Å². The molecule has 0 bridgehead atoms. The Morgan fingerprint density at radius 1 is 1.07 bits per heavy atom. The summed E-state index contributed by atoms with van der Waals surface area (Å²) >= 11 is 1.38. The molecule has 2 amide bonds. The smallest absolute Gasteiger partial charge is 0.234 e. The van der Waals surface area contributed by atoms with Gasteiger partial charge in [0, 0.05) is 30.7 Å². The van der Waals surface area contributed by atoms with Gasteiger partial charge in [-0.2, -0.15) is 0 Å². The Morgan fingerprint density at radius 3 is 2.57 bits per heavy atom. The summed E-state index contributed by atoms with van der Waals surface area (Å²) in [6.07, 6.45) is 3.64. The molecule has 0 fully saturated rings. The zero-order valence-electron chi connectivity index (χ0n) is 16.0. The Morgan fingerprint density at radius 2 is 1.82 bits per heavy atom. The second kappa shape index (κ2) is 8.75. The van der Waals surface area contributed by atoms with E-state index in [9.17, 15) is 9.59 Å². The number of benzene rings is 2. The number of carbonyl (C=O) groups is 2. The van der Waals surface area contributed by atoms with Gasteiger partial charge in [0.1, 0.15) is 0 Å². The Bertz CT molecular complexity index is 1010. The van der Waals surface area contributed by atoms with Crippen LogP contribution < -0.4 is 10.6 Å². The van der Waals surface area contributed by atoms with Gasteiger partial charge in [0.2, 0.25) is 11.8 Å². The van der Waals surface area contributed by atoms with E-state index >= 15 is 0 Å². The number of aromatic nitrogens is 2. The predicted octanol–water partition coefficient (Wildman–Crippen LogP) is 4.18. The van der Waals surface area contributed by atoms with Gasteiger partial charge in [-0.3, -0.25) is 14.2 Å². The van der Waals surface area contributed by atoms with Crippen LogP contribution >= 0.6 is 11.8 Å². The lowest BCUT2D eigenvalue weighted by atomic mass is 10.1. The first-order valence-electron chi connectivity index (χ1n) is 8.83. The standard InChI is InChI=1S/C21H22N4O2S/c1-14-7-8-15(2)19(11-14)25-10-9-22-21(25)28-13-20(27)24-18-6-4-5-17(12-18)23-16(3)26/h4-12H,13H2,1-3H3,(H,23,26)(H,24,27). The molecule has 0 radical (unpaired) electrons. The maximum Gasteiger partial charge on any atom is 0.234 e. The highest BCUT2D eigenvalue weighted by Gasteiger charge is 2.11. The minimum absolute atomic E-state index is 0.138. The molecular weight excluding hydrogens is 372 g/mol. The fourth-order valence-electron chi connectivity index (χ4n) is 2.76. The molecular formula is C21H22N4O2S. The van der Waals surface area contributed by atoms with Crippen molar-refractivity contribution in [2.75, 3.05) is 16.4 Å². The molecule has 3 rings (SSSR count). The van der Waals surface area contributed by atoms with Crippen molar-refractivity contribution in [3.63, 3.8) is 0 Å². The maximum absolute atomic E-state index is 12.4. The zero-order chi connectivity index (χ0) is 20.1. The van der Waals surface area contributed by atoms with Crippen LogP contribution in [0.1, 0.15) is 18.1 Å². The van der Waals surface area contributed by atoms with Gasteiger partial charge >= 0.3 is 0 Å². The van der Waals surface area contributed by atoms with E-state index in [1.54, 1.807) is 30.5 Å². The number of nitrogens with zero attached hydrogens (tertiary/aromatic N) is 2. The molecule has 2 N–H and O–H groups in total. The van der Waals surface area contributed by atoms with Crippen molar-refractivity contribution >= 4 is 35.0 Å². The number of hydrogen-bond acceptors (Lipinski definition) is 4. The molecule has 0 spiro atoms. The van der Waals surface area contributed by atoms with Crippen LogP contribution in [0.3, 0.4) is 0 Å². The molecule has 144 valence electrons. The molecule has 0 aliphatic heterocycles. The summed E-state index contributed by atoms with van der Waals surface area (Å²) in [5, 5.41) is 6.31. The number of rotatable bonds is 6.